The highest BCUT2D eigenvalue weighted by Gasteiger charge is 2.09. The normalized spacial score (nSPS) is 10.5. The number of methoxy groups -OCH3 is 1. The molecule has 0 unspecified atom stereocenters. The van der Waals surface area contributed by atoms with Crippen LogP contribution in [0.5, 0.6) is 5.75 Å². The summed E-state index contributed by atoms with van der Waals surface area (Å²) in [7, 11) is 1.61. The van der Waals surface area contributed by atoms with E-state index in [0.717, 1.165) is 11.3 Å². The molecule has 1 amide bonds. The zero-order chi connectivity index (χ0) is 17.6. The van der Waals surface area contributed by atoms with E-state index in [9.17, 15) is 9.18 Å². The van der Waals surface area contributed by atoms with Crippen LogP contribution in [0.4, 0.5) is 10.1 Å². The fraction of sp³-hybridized carbons (Fsp3) is 0.158. The van der Waals surface area contributed by atoms with Gasteiger partial charge in [0.15, 0.2) is 11.7 Å². The second-order valence-corrected chi connectivity index (χ2v) is 5.40. The van der Waals surface area contributed by atoms with Gasteiger partial charge in [0.05, 0.1) is 13.3 Å². The van der Waals surface area contributed by atoms with Crippen LogP contribution in [-0.2, 0) is 11.2 Å². The summed E-state index contributed by atoms with van der Waals surface area (Å²) in [6.07, 6.45) is 2.23. The molecule has 5 nitrogen and oxygen atoms in total. The van der Waals surface area contributed by atoms with Gasteiger partial charge in [-0.2, -0.15) is 0 Å². The first-order chi connectivity index (χ1) is 12.1. The molecular formula is C19H17FN2O3. The molecule has 0 radical (unpaired) electrons. The maximum absolute atomic E-state index is 12.8. The highest BCUT2D eigenvalue weighted by atomic mass is 19.1. The third-order valence-corrected chi connectivity index (χ3v) is 3.62. The Morgan fingerprint density at radius 2 is 1.88 bits per heavy atom. The highest BCUT2D eigenvalue weighted by Crippen LogP contribution is 2.23. The molecule has 0 aliphatic rings. The first-order valence-electron chi connectivity index (χ1n) is 7.78. The average molecular weight is 340 g/mol. The fourth-order valence-corrected chi connectivity index (χ4v) is 2.29. The summed E-state index contributed by atoms with van der Waals surface area (Å²) in [4.78, 5) is 16.1. The van der Waals surface area contributed by atoms with E-state index in [2.05, 4.69) is 10.3 Å². The fourth-order valence-electron chi connectivity index (χ4n) is 2.29. The van der Waals surface area contributed by atoms with E-state index in [1.54, 1.807) is 13.3 Å². The molecule has 6 heteroatoms. The smallest absolute Gasteiger partial charge is 0.224 e. The molecule has 1 N–H and O–H groups in total. The van der Waals surface area contributed by atoms with Crippen molar-refractivity contribution in [3.05, 3.63) is 66.4 Å². The number of amides is 1. The summed E-state index contributed by atoms with van der Waals surface area (Å²) in [6, 6.07) is 13.1. The minimum absolute atomic E-state index is 0.184. The van der Waals surface area contributed by atoms with Crippen LogP contribution in [0.25, 0.3) is 11.3 Å². The van der Waals surface area contributed by atoms with E-state index in [1.165, 1.54) is 24.3 Å². The van der Waals surface area contributed by atoms with Gasteiger partial charge in [-0.25, -0.2) is 9.37 Å². The number of nitrogens with one attached hydrogen (secondary N) is 1. The Hall–Kier alpha value is -3.15. The van der Waals surface area contributed by atoms with Crippen molar-refractivity contribution in [3.63, 3.8) is 0 Å². The van der Waals surface area contributed by atoms with Gasteiger partial charge < -0.3 is 14.5 Å². The monoisotopic (exact) mass is 340 g/mol. The number of hydrogen-bond acceptors (Lipinski definition) is 4. The molecule has 0 bridgehead atoms. The lowest BCUT2D eigenvalue weighted by Gasteiger charge is -2.04. The summed E-state index contributed by atoms with van der Waals surface area (Å²) < 4.78 is 23.6. The molecule has 3 rings (SSSR count). The first kappa shape index (κ1) is 16.7. The molecule has 0 saturated carbocycles. The molecule has 0 aliphatic heterocycles. The van der Waals surface area contributed by atoms with Crippen molar-refractivity contribution in [3.8, 4) is 17.1 Å². The van der Waals surface area contributed by atoms with Crippen LogP contribution in [0.3, 0.4) is 0 Å². The summed E-state index contributed by atoms with van der Waals surface area (Å²) >= 11 is 0. The molecule has 3 aromatic rings. The van der Waals surface area contributed by atoms with Crippen LogP contribution < -0.4 is 10.1 Å². The number of anilines is 1. The predicted molar refractivity (Wildman–Crippen MR) is 91.8 cm³/mol. The number of carbonyl (C=O) groups is 1. The Morgan fingerprint density at radius 3 is 2.56 bits per heavy atom. The van der Waals surface area contributed by atoms with Gasteiger partial charge in [-0.05, 0) is 48.5 Å². The van der Waals surface area contributed by atoms with Gasteiger partial charge in [0.2, 0.25) is 5.91 Å². The third-order valence-electron chi connectivity index (χ3n) is 3.62. The molecular weight excluding hydrogens is 323 g/mol. The van der Waals surface area contributed by atoms with Crippen molar-refractivity contribution < 1.29 is 18.3 Å². The van der Waals surface area contributed by atoms with Crippen molar-refractivity contribution in [1.29, 1.82) is 0 Å². The summed E-state index contributed by atoms with van der Waals surface area (Å²) in [6.45, 7) is 0. The number of aryl methyl sites for hydroxylation is 1. The van der Waals surface area contributed by atoms with Crippen molar-refractivity contribution in [1.82, 2.24) is 4.98 Å². The number of benzene rings is 2. The Labute approximate surface area is 144 Å². The van der Waals surface area contributed by atoms with Crippen LogP contribution in [0.1, 0.15) is 12.3 Å². The SMILES string of the molecule is COc1ccc(-c2cnc(CCC(=O)Nc3ccc(F)cc3)o2)cc1. The number of aromatic nitrogens is 1. The van der Waals surface area contributed by atoms with Crippen LogP contribution in [0.2, 0.25) is 0 Å². The lowest BCUT2D eigenvalue weighted by Crippen LogP contribution is -2.12. The summed E-state index contributed by atoms with van der Waals surface area (Å²) in [5, 5.41) is 2.70. The molecule has 0 aliphatic carbocycles. The Bertz CT molecular complexity index is 842. The first-order valence-corrected chi connectivity index (χ1v) is 7.78. The van der Waals surface area contributed by atoms with Gasteiger partial charge in [0, 0.05) is 24.1 Å². The summed E-state index contributed by atoms with van der Waals surface area (Å²) in [5.74, 6) is 1.36. The second kappa shape index (κ2) is 7.61. The van der Waals surface area contributed by atoms with E-state index in [1.807, 2.05) is 24.3 Å². The molecule has 25 heavy (non-hydrogen) atoms. The number of nitrogens with zero attached hydrogens (tertiary/aromatic N) is 1. The zero-order valence-electron chi connectivity index (χ0n) is 13.7. The van der Waals surface area contributed by atoms with Crippen LogP contribution >= 0.6 is 0 Å². The van der Waals surface area contributed by atoms with Gasteiger partial charge >= 0.3 is 0 Å². The highest BCUT2D eigenvalue weighted by molar-refractivity contribution is 5.90. The Kier molecular flexibility index (Phi) is 5.09. The van der Waals surface area contributed by atoms with Gasteiger partial charge in [-0.15, -0.1) is 0 Å². The second-order valence-electron chi connectivity index (χ2n) is 5.40. The third kappa shape index (κ3) is 4.44. The maximum Gasteiger partial charge on any atom is 0.224 e. The molecule has 0 fully saturated rings. The Balaban J connectivity index is 1.55. The lowest BCUT2D eigenvalue weighted by molar-refractivity contribution is -0.116. The minimum atomic E-state index is -0.344. The molecule has 1 aromatic heterocycles. The zero-order valence-corrected chi connectivity index (χ0v) is 13.7. The number of halogens is 1. The number of carbonyl (C=O) groups excluding carboxylic acids is 1. The molecule has 0 atom stereocenters. The predicted octanol–water partition coefficient (Wildman–Crippen LogP) is 4.06. The van der Waals surface area contributed by atoms with Crippen LogP contribution in [-0.4, -0.2) is 18.0 Å². The largest absolute Gasteiger partial charge is 0.497 e. The molecule has 0 spiro atoms. The van der Waals surface area contributed by atoms with Gasteiger partial charge in [0.1, 0.15) is 11.6 Å². The van der Waals surface area contributed by atoms with Gasteiger partial charge in [-0.3, -0.25) is 4.79 Å². The molecule has 2 aromatic carbocycles. The molecule has 128 valence electrons. The van der Waals surface area contributed by atoms with E-state index >= 15 is 0 Å². The molecule has 1 heterocycles. The summed E-state index contributed by atoms with van der Waals surface area (Å²) in [5.41, 5.74) is 1.44. The van der Waals surface area contributed by atoms with Crippen LogP contribution in [0.15, 0.2) is 59.1 Å². The number of hydrogen-bond donors (Lipinski definition) is 1. The van der Waals surface area contributed by atoms with E-state index in [0.29, 0.717) is 23.8 Å². The van der Waals surface area contributed by atoms with Gasteiger partial charge in [-0.1, -0.05) is 0 Å². The standard InChI is InChI=1S/C19H17FN2O3/c1-24-16-8-2-13(3-9-16)17-12-21-19(25-17)11-10-18(23)22-15-6-4-14(20)5-7-15/h2-9,12H,10-11H2,1H3,(H,22,23). The van der Waals surface area contributed by atoms with Crippen molar-refractivity contribution in [2.75, 3.05) is 12.4 Å². The number of oxazole rings is 1. The quantitative estimate of drug-likeness (QED) is 0.735. The van der Waals surface area contributed by atoms with Crippen LogP contribution in [0, 0.1) is 5.82 Å². The average Bonchev–Trinajstić information content (AvgIpc) is 3.11. The van der Waals surface area contributed by atoms with E-state index in [-0.39, 0.29) is 18.1 Å². The van der Waals surface area contributed by atoms with E-state index < -0.39 is 0 Å². The Morgan fingerprint density at radius 1 is 1.16 bits per heavy atom. The topological polar surface area (TPSA) is 64.4 Å². The lowest BCUT2D eigenvalue weighted by atomic mass is 10.2. The minimum Gasteiger partial charge on any atom is -0.497 e. The van der Waals surface area contributed by atoms with E-state index in [4.69, 9.17) is 9.15 Å². The van der Waals surface area contributed by atoms with Crippen molar-refractivity contribution >= 4 is 11.6 Å². The van der Waals surface area contributed by atoms with Gasteiger partial charge in [0.25, 0.3) is 0 Å². The molecule has 0 saturated heterocycles. The number of rotatable bonds is 6. The van der Waals surface area contributed by atoms with Crippen molar-refractivity contribution in [2.45, 2.75) is 12.8 Å². The number of ether oxygens (including phenoxy) is 1. The maximum atomic E-state index is 12.8. The van der Waals surface area contributed by atoms with Crippen molar-refractivity contribution in [2.24, 2.45) is 0 Å².